The zero-order valence-electron chi connectivity index (χ0n) is 16.3. The first-order valence-electron chi connectivity index (χ1n) is 9.11. The highest BCUT2D eigenvalue weighted by Crippen LogP contribution is 2.16. The van der Waals surface area contributed by atoms with Crippen molar-refractivity contribution in [3.8, 4) is 0 Å². The monoisotopic (exact) mass is 436 g/mol. The number of benzene rings is 1. The van der Waals surface area contributed by atoms with E-state index in [9.17, 15) is 18.0 Å². The molecule has 1 amide bonds. The number of carbonyl (C=O) groups excluding carboxylic acids is 2. The van der Waals surface area contributed by atoms with Gasteiger partial charge in [0.05, 0.1) is 11.4 Å². The normalized spacial score (nSPS) is 11.7. The first-order chi connectivity index (χ1) is 13.9. The van der Waals surface area contributed by atoms with E-state index in [0.717, 1.165) is 4.88 Å². The minimum absolute atomic E-state index is 0.198. The maximum Gasteiger partial charge on any atom is 0.331 e. The van der Waals surface area contributed by atoms with E-state index in [1.165, 1.54) is 39.9 Å². The highest BCUT2D eigenvalue weighted by Gasteiger charge is 2.20. The summed E-state index contributed by atoms with van der Waals surface area (Å²) < 4.78 is 31.2. The second-order valence-electron chi connectivity index (χ2n) is 5.96. The number of esters is 1. The van der Waals surface area contributed by atoms with Gasteiger partial charge < -0.3 is 10.1 Å². The third-order valence-electron chi connectivity index (χ3n) is 4.02. The standard InChI is InChI=1S/C20H24N2O5S2/c1-3-22(4-2)29(25,26)18-10-7-16(8-11-18)9-12-20(24)27-15-19(23)21-14-17-6-5-13-28-17/h5-13H,3-4,14-15H2,1-2H3,(H,21,23)/b12-9+. The summed E-state index contributed by atoms with van der Waals surface area (Å²) in [7, 11) is -3.52. The minimum atomic E-state index is -3.52. The van der Waals surface area contributed by atoms with E-state index in [1.54, 1.807) is 26.0 Å². The summed E-state index contributed by atoms with van der Waals surface area (Å²) in [5, 5.41) is 4.58. The Morgan fingerprint density at radius 3 is 2.41 bits per heavy atom. The van der Waals surface area contributed by atoms with E-state index in [2.05, 4.69) is 5.32 Å². The van der Waals surface area contributed by atoms with E-state index in [1.807, 2.05) is 17.5 Å². The summed E-state index contributed by atoms with van der Waals surface area (Å²) in [6.07, 6.45) is 2.69. The Kier molecular flexibility index (Phi) is 8.56. The predicted octanol–water partition coefficient (Wildman–Crippen LogP) is 2.65. The van der Waals surface area contributed by atoms with Gasteiger partial charge in [-0.15, -0.1) is 11.3 Å². The molecule has 0 fully saturated rings. The molecule has 156 valence electrons. The number of hydrogen-bond acceptors (Lipinski definition) is 6. The second kappa shape index (κ2) is 10.9. The van der Waals surface area contributed by atoms with Crippen molar-refractivity contribution in [2.75, 3.05) is 19.7 Å². The van der Waals surface area contributed by atoms with Crippen LogP contribution in [-0.4, -0.2) is 44.3 Å². The third-order valence-corrected chi connectivity index (χ3v) is 6.96. The maximum absolute atomic E-state index is 12.4. The molecule has 2 aromatic rings. The number of nitrogens with one attached hydrogen (secondary N) is 1. The van der Waals surface area contributed by atoms with Crippen molar-refractivity contribution in [3.63, 3.8) is 0 Å². The van der Waals surface area contributed by atoms with Gasteiger partial charge in [-0.3, -0.25) is 4.79 Å². The van der Waals surface area contributed by atoms with Crippen LogP contribution >= 0.6 is 11.3 Å². The first-order valence-corrected chi connectivity index (χ1v) is 11.4. The van der Waals surface area contributed by atoms with Crippen LogP contribution in [0.2, 0.25) is 0 Å². The second-order valence-corrected chi connectivity index (χ2v) is 8.93. The highest BCUT2D eigenvalue weighted by molar-refractivity contribution is 7.89. The van der Waals surface area contributed by atoms with E-state index in [4.69, 9.17) is 4.74 Å². The molecule has 0 unspecified atom stereocenters. The van der Waals surface area contributed by atoms with E-state index >= 15 is 0 Å². The number of carbonyl (C=O) groups is 2. The summed E-state index contributed by atoms with van der Waals surface area (Å²) in [6.45, 7) is 4.39. The van der Waals surface area contributed by atoms with Gasteiger partial charge in [0.1, 0.15) is 0 Å². The quantitative estimate of drug-likeness (QED) is 0.457. The number of ether oxygens (including phenoxy) is 1. The van der Waals surface area contributed by atoms with Gasteiger partial charge in [0.15, 0.2) is 6.61 Å². The number of hydrogen-bond donors (Lipinski definition) is 1. The summed E-state index contributed by atoms with van der Waals surface area (Å²) in [5.74, 6) is -1.04. The fourth-order valence-corrected chi connectivity index (χ4v) is 4.57. The van der Waals surface area contributed by atoms with Crippen LogP contribution in [0.5, 0.6) is 0 Å². The molecular formula is C20H24N2O5S2. The molecule has 0 aliphatic heterocycles. The van der Waals surface area contributed by atoms with Gasteiger partial charge in [0.25, 0.3) is 5.91 Å². The molecule has 1 aromatic heterocycles. The summed E-state index contributed by atoms with van der Waals surface area (Å²) in [5.41, 5.74) is 0.641. The van der Waals surface area contributed by atoms with Gasteiger partial charge in [-0.1, -0.05) is 32.0 Å². The smallest absolute Gasteiger partial charge is 0.331 e. The topological polar surface area (TPSA) is 92.8 Å². The lowest BCUT2D eigenvalue weighted by atomic mass is 10.2. The fraction of sp³-hybridized carbons (Fsp3) is 0.300. The molecule has 0 aliphatic rings. The lowest BCUT2D eigenvalue weighted by Gasteiger charge is -2.18. The van der Waals surface area contributed by atoms with Gasteiger partial charge in [-0.05, 0) is 35.2 Å². The Labute approximate surface area is 175 Å². The predicted molar refractivity (Wildman–Crippen MR) is 113 cm³/mol. The van der Waals surface area contributed by atoms with Crippen LogP contribution in [0.15, 0.2) is 52.7 Å². The lowest BCUT2D eigenvalue weighted by Crippen LogP contribution is -2.30. The zero-order valence-corrected chi connectivity index (χ0v) is 18.0. The summed E-state index contributed by atoms with van der Waals surface area (Å²) >= 11 is 1.53. The molecular weight excluding hydrogens is 412 g/mol. The molecule has 0 radical (unpaired) electrons. The van der Waals surface area contributed by atoms with E-state index in [-0.39, 0.29) is 17.4 Å². The van der Waals surface area contributed by atoms with Crippen LogP contribution in [0.25, 0.3) is 6.08 Å². The zero-order chi connectivity index (χ0) is 21.3. The van der Waals surface area contributed by atoms with Crippen molar-refractivity contribution >= 4 is 39.3 Å². The Morgan fingerprint density at radius 1 is 1.14 bits per heavy atom. The summed E-state index contributed by atoms with van der Waals surface area (Å²) in [6, 6.07) is 10.00. The SMILES string of the molecule is CCN(CC)S(=O)(=O)c1ccc(/C=C/C(=O)OCC(=O)NCc2cccs2)cc1. The minimum Gasteiger partial charge on any atom is -0.452 e. The molecule has 7 nitrogen and oxygen atoms in total. The molecule has 9 heteroatoms. The molecule has 0 bridgehead atoms. The Morgan fingerprint density at radius 2 is 1.83 bits per heavy atom. The summed E-state index contributed by atoms with van der Waals surface area (Å²) in [4.78, 5) is 24.6. The molecule has 1 aromatic carbocycles. The Balaban J connectivity index is 1.84. The average Bonchev–Trinajstić information content (AvgIpc) is 3.24. The Hall–Kier alpha value is -2.49. The molecule has 0 saturated carbocycles. The van der Waals surface area contributed by atoms with Crippen LogP contribution in [0.1, 0.15) is 24.3 Å². The number of amides is 1. The Bertz CT molecular complexity index is 932. The molecule has 2 rings (SSSR count). The number of sulfonamides is 1. The van der Waals surface area contributed by atoms with Gasteiger partial charge in [-0.2, -0.15) is 4.31 Å². The highest BCUT2D eigenvalue weighted by atomic mass is 32.2. The molecule has 1 heterocycles. The first kappa shape index (κ1) is 22.8. The van der Waals surface area contributed by atoms with E-state index < -0.39 is 16.0 Å². The maximum atomic E-state index is 12.4. The van der Waals surface area contributed by atoms with Gasteiger partial charge >= 0.3 is 5.97 Å². The van der Waals surface area contributed by atoms with Crippen LogP contribution < -0.4 is 5.32 Å². The van der Waals surface area contributed by atoms with Crippen LogP contribution in [0, 0.1) is 0 Å². The van der Waals surface area contributed by atoms with Crippen molar-refractivity contribution in [2.24, 2.45) is 0 Å². The largest absolute Gasteiger partial charge is 0.452 e. The van der Waals surface area contributed by atoms with Crippen molar-refractivity contribution in [1.29, 1.82) is 0 Å². The fourth-order valence-electron chi connectivity index (χ4n) is 2.46. The molecule has 0 aliphatic carbocycles. The molecule has 0 atom stereocenters. The van der Waals surface area contributed by atoms with Crippen LogP contribution in [0.3, 0.4) is 0 Å². The van der Waals surface area contributed by atoms with Gasteiger partial charge in [-0.25, -0.2) is 13.2 Å². The number of nitrogens with zero attached hydrogens (tertiary/aromatic N) is 1. The molecule has 29 heavy (non-hydrogen) atoms. The van der Waals surface area contributed by atoms with Crippen molar-refractivity contribution in [1.82, 2.24) is 9.62 Å². The van der Waals surface area contributed by atoms with Crippen LogP contribution in [-0.2, 0) is 30.9 Å². The van der Waals surface area contributed by atoms with Gasteiger partial charge in [0.2, 0.25) is 10.0 Å². The molecule has 0 saturated heterocycles. The number of thiophene rings is 1. The number of rotatable bonds is 10. The average molecular weight is 437 g/mol. The van der Waals surface area contributed by atoms with E-state index in [0.29, 0.717) is 25.2 Å². The molecule has 1 N–H and O–H groups in total. The lowest BCUT2D eigenvalue weighted by molar-refractivity contribution is -0.143. The van der Waals surface area contributed by atoms with Crippen molar-refractivity contribution in [3.05, 3.63) is 58.3 Å². The van der Waals surface area contributed by atoms with Gasteiger partial charge in [0, 0.05) is 24.0 Å². The van der Waals surface area contributed by atoms with Crippen molar-refractivity contribution in [2.45, 2.75) is 25.3 Å². The molecule has 0 spiro atoms. The third kappa shape index (κ3) is 6.81. The van der Waals surface area contributed by atoms with Crippen molar-refractivity contribution < 1.29 is 22.7 Å². The van der Waals surface area contributed by atoms with Crippen LogP contribution in [0.4, 0.5) is 0 Å².